The summed E-state index contributed by atoms with van der Waals surface area (Å²) in [6.45, 7) is 7.90. The SMILES string of the molecule is Cc1ccccc1C1C(N)CCCN1C(C)C. The van der Waals surface area contributed by atoms with Crippen molar-refractivity contribution in [3.8, 4) is 0 Å². The Morgan fingerprint density at radius 3 is 2.65 bits per heavy atom. The van der Waals surface area contributed by atoms with Gasteiger partial charge in [-0.15, -0.1) is 0 Å². The number of aryl methyl sites for hydroxylation is 1. The molecule has 0 aliphatic carbocycles. The van der Waals surface area contributed by atoms with Gasteiger partial charge in [-0.1, -0.05) is 24.3 Å². The number of hydrogen-bond donors (Lipinski definition) is 1. The topological polar surface area (TPSA) is 29.3 Å². The van der Waals surface area contributed by atoms with E-state index in [1.807, 2.05) is 0 Å². The van der Waals surface area contributed by atoms with Gasteiger partial charge in [-0.3, -0.25) is 4.90 Å². The molecular weight excluding hydrogens is 208 g/mol. The standard InChI is InChI=1S/C15H24N2/c1-11(2)17-10-6-9-14(16)15(17)13-8-5-4-7-12(13)3/h4-5,7-8,11,14-15H,6,9-10,16H2,1-3H3. The van der Waals surface area contributed by atoms with Crippen molar-refractivity contribution >= 4 is 0 Å². The van der Waals surface area contributed by atoms with Crippen LogP contribution in [0, 0.1) is 6.92 Å². The number of hydrogen-bond acceptors (Lipinski definition) is 2. The van der Waals surface area contributed by atoms with E-state index in [-0.39, 0.29) is 6.04 Å². The van der Waals surface area contributed by atoms with Crippen LogP contribution in [0.2, 0.25) is 0 Å². The van der Waals surface area contributed by atoms with Crippen LogP contribution in [-0.2, 0) is 0 Å². The van der Waals surface area contributed by atoms with Crippen molar-refractivity contribution in [2.24, 2.45) is 5.73 Å². The Kier molecular flexibility index (Phi) is 3.85. The lowest BCUT2D eigenvalue weighted by atomic mass is 9.88. The Bertz CT molecular complexity index is 373. The second-order valence-electron chi connectivity index (χ2n) is 5.44. The Balaban J connectivity index is 2.35. The van der Waals surface area contributed by atoms with Crippen LogP contribution in [-0.4, -0.2) is 23.5 Å². The zero-order chi connectivity index (χ0) is 12.4. The third kappa shape index (κ3) is 2.53. The molecule has 94 valence electrons. The quantitative estimate of drug-likeness (QED) is 0.849. The average molecular weight is 232 g/mol. The first-order valence-electron chi connectivity index (χ1n) is 6.68. The first kappa shape index (κ1) is 12.6. The third-order valence-corrected chi connectivity index (χ3v) is 3.89. The van der Waals surface area contributed by atoms with Gasteiger partial charge in [-0.05, 0) is 51.3 Å². The molecule has 0 radical (unpaired) electrons. The molecule has 2 unspecified atom stereocenters. The van der Waals surface area contributed by atoms with Crippen molar-refractivity contribution in [3.05, 3.63) is 35.4 Å². The van der Waals surface area contributed by atoms with E-state index >= 15 is 0 Å². The van der Waals surface area contributed by atoms with E-state index in [9.17, 15) is 0 Å². The van der Waals surface area contributed by atoms with Crippen LogP contribution in [0.15, 0.2) is 24.3 Å². The Morgan fingerprint density at radius 2 is 2.00 bits per heavy atom. The number of nitrogens with two attached hydrogens (primary N) is 1. The highest BCUT2D eigenvalue weighted by molar-refractivity contribution is 5.30. The molecule has 17 heavy (non-hydrogen) atoms. The summed E-state index contributed by atoms with van der Waals surface area (Å²) in [5.74, 6) is 0. The predicted octanol–water partition coefficient (Wildman–Crippen LogP) is 2.87. The second-order valence-corrected chi connectivity index (χ2v) is 5.44. The van der Waals surface area contributed by atoms with E-state index in [4.69, 9.17) is 5.73 Å². The van der Waals surface area contributed by atoms with E-state index in [1.54, 1.807) is 0 Å². The second kappa shape index (κ2) is 5.19. The number of nitrogens with zero attached hydrogens (tertiary/aromatic N) is 1. The van der Waals surface area contributed by atoms with E-state index in [1.165, 1.54) is 24.1 Å². The molecule has 2 rings (SSSR count). The van der Waals surface area contributed by atoms with Gasteiger partial charge in [0.1, 0.15) is 0 Å². The van der Waals surface area contributed by atoms with Gasteiger partial charge in [0.15, 0.2) is 0 Å². The highest BCUT2D eigenvalue weighted by atomic mass is 15.2. The first-order valence-corrected chi connectivity index (χ1v) is 6.68. The molecule has 0 bridgehead atoms. The summed E-state index contributed by atoms with van der Waals surface area (Å²) in [5.41, 5.74) is 9.14. The van der Waals surface area contributed by atoms with Gasteiger partial charge < -0.3 is 5.73 Å². The molecule has 1 aliphatic heterocycles. The summed E-state index contributed by atoms with van der Waals surface area (Å²) < 4.78 is 0. The number of likely N-dealkylation sites (tertiary alicyclic amines) is 1. The largest absolute Gasteiger partial charge is 0.326 e. The predicted molar refractivity (Wildman–Crippen MR) is 73.0 cm³/mol. The summed E-state index contributed by atoms with van der Waals surface area (Å²) in [5, 5.41) is 0. The zero-order valence-corrected chi connectivity index (χ0v) is 11.2. The molecule has 1 aliphatic rings. The molecule has 2 nitrogen and oxygen atoms in total. The lowest BCUT2D eigenvalue weighted by Gasteiger charge is -2.43. The van der Waals surface area contributed by atoms with Crippen molar-refractivity contribution in [2.45, 2.75) is 51.7 Å². The van der Waals surface area contributed by atoms with Gasteiger partial charge >= 0.3 is 0 Å². The van der Waals surface area contributed by atoms with Crippen molar-refractivity contribution in [1.82, 2.24) is 4.90 Å². The van der Waals surface area contributed by atoms with Gasteiger partial charge in [0, 0.05) is 12.1 Å². The van der Waals surface area contributed by atoms with Crippen LogP contribution in [0.3, 0.4) is 0 Å². The van der Waals surface area contributed by atoms with Crippen LogP contribution in [0.25, 0.3) is 0 Å². The summed E-state index contributed by atoms with van der Waals surface area (Å²) in [6.07, 6.45) is 2.37. The van der Waals surface area contributed by atoms with Gasteiger partial charge in [0.25, 0.3) is 0 Å². The maximum atomic E-state index is 6.37. The van der Waals surface area contributed by atoms with Crippen LogP contribution in [0.1, 0.15) is 43.9 Å². The molecule has 2 heteroatoms. The van der Waals surface area contributed by atoms with E-state index in [0.29, 0.717) is 12.1 Å². The van der Waals surface area contributed by atoms with Gasteiger partial charge in [0.2, 0.25) is 0 Å². The molecular formula is C15H24N2. The highest BCUT2D eigenvalue weighted by Crippen LogP contribution is 2.33. The van der Waals surface area contributed by atoms with Crippen molar-refractivity contribution in [1.29, 1.82) is 0 Å². The highest BCUT2D eigenvalue weighted by Gasteiger charge is 2.32. The van der Waals surface area contributed by atoms with Crippen LogP contribution >= 0.6 is 0 Å². The minimum absolute atomic E-state index is 0.271. The fourth-order valence-electron chi connectivity index (χ4n) is 2.96. The summed E-state index contributed by atoms with van der Waals surface area (Å²) in [4.78, 5) is 2.55. The summed E-state index contributed by atoms with van der Waals surface area (Å²) in [7, 11) is 0. The lowest BCUT2D eigenvalue weighted by Crippen LogP contribution is -2.48. The monoisotopic (exact) mass is 232 g/mol. The van der Waals surface area contributed by atoms with Crippen molar-refractivity contribution < 1.29 is 0 Å². The smallest absolute Gasteiger partial charge is 0.0504 e. The lowest BCUT2D eigenvalue weighted by molar-refractivity contribution is 0.0943. The average Bonchev–Trinajstić information content (AvgIpc) is 2.30. The molecule has 1 saturated heterocycles. The molecule has 1 fully saturated rings. The molecule has 1 aromatic rings. The Hall–Kier alpha value is -0.860. The van der Waals surface area contributed by atoms with Crippen LogP contribution < -0.4 is 5.73 Å². The number of rotatable bonds is 2. The molecule has 2 atom stereocenters. The zero-order valence-electron chi connectivity index (χ0n) is 11.2. The summed E-state index contributed by atoms with van der Waals surface area (Å²) in [6, 6.07) is 9.88. The van der Waals surface area contributed by atoms with Crippen LogP contribution in [0.4, 0.5) is 0 Å². The Labute approximate surface area is 105 Å². The third-order valence-electron chi connectivity index (χ3n) is 3.89. The molecule has 0 saturated carbocycles. The molecule has 0 amide bonds. The van der Waals surface area contributed by atoms with Crippen LogP contribution in [0.5, 0.6) is 0 Å². The molecule has 0 aromatic heterocycles. The van der Waals surface area contributed by atoms with Crippen molar-refractivity contribution in [2.75, 3.05) is 6.54 Å². The molecule has 1 aromatic carbocycles. The summed E-state index contributed by atoms with van der Waals surface area (Å²) >= 11 is 0. The van der Waals surface area contributed by atoms with E-state index in [2.05, 4.69) is 49.9 Å². The van der Waals surface area contributed by atoms with E-state index in [0.717, 1.165) is 6.42 Å². The minimum Gasteiger partial charge on any atom is -0.326 e. The van der Waals surface area contributed by atoms with E-state index < -0.39 is 0 Å². The van der Waals surface area contributed by atoms with Gasteiger partial charge in [0.05, 0.1) is 6.04 Å². The normalized spacial score (nSPS) is 26.4. The molecule has 1 heterocycles. The Morgan fingerprint density at radius 1 is 1.29 bits per heavy atom. The number of benzene rings is 1. The molecule has 2 N–H and O–H groups in total. The fourth-order valence-corrected chi connectivity index (χ4v) is 2.96. The maximum Gasteiger partial charge on any atom is 0.0504 e. The first-order chi connectivity index (χ1) is 8.11. The minimum atomic E-state index is 0.271. The number of piperidine rings is 1. The molecule has 0 spiro atoms. The van der Waals surface area contributed by atoms with Gasteiger partial charge in [-0.25, -0.2) is 0 Å². The fraction of sp³-hybridized carbons (Fsp3) is 0.600. The maximum absolute atomic E-state index is 6.37. The van der Waals surface area contributed by atoms with Crippen molar-refractivity contribution in [3.63, 3.8) is 0 Å². The van der Waals surface area contributed by atoms with Gasteiger partial charge in [-0.2, -0.15) is 0 Å².